The third-order valence-corrected chi connectivity index (χ3v) is 2.09. The van der Waals surface area contributed by atoms with Gasteiger partial charge in [0.05, 0.1) is 4.47 Å². The van der Waals surface area contributed by atoms with Gasteiger partial charge in [0, 0.05) is 4.90 Å². The molecule has 0 amide bonds. The average Bonchev–Trinajstić information content (AvgIpc) is 1.93. The van der Waals surface area contributed by atoms with Gasteiger partial charge in [-0.2, -0.15) is 0 Å². The van der Waals surface area contributed by atoms with Crippen molar-refractivity contribution in [2.75, 3.05) is 0 Å². The Balaban J connectivity index is 3.34. The van der Waals surface area contributed by atoms with Crippen LogP contribution in [0.2, 0.25) is 0 Å². The van der Waals surface area contributed by atoms with Crippen LogP contribution in [0.4, 0.5) is 8.78 Å². The standard InChI is InChI=1S/C6H3BrF2S/c7-5-3(8)1-2-4(10)6(5)9/h1-2,10H. The molecule has 1 aromatic rings. The van der Waals surface area contributed by atoms with Crippen molar-refractivity contribution in [1.82, 2.24) is 0 Å². The van der Waals surface area contributed by atoms with Gasteiger partial charge in [-0.3, -0.25) is 0 Å². The van der Waals surface area contributed by atoms with Crippen LogP contribution in [0, 0.1) is 11.6 Å². The molecular weight excluding hydrogens is 222 g/mol. The third-order valence-electron chi connectivity index (χ3n) is 1.01. The van der Waals surface area contributed by atoms with Crippen LogP contribution in [0.1, 0.15) is 0 Å². The Morgan fingerprint density at radius 3 is 2.40 bits per heavy atom. The maximum Gasteiger partial charge on any atom is 0.153 e. The van der Waals surface area contributed by atoms with Gasteiger partial charge in [0.2, 0.25) is 0 Å². The summed E-state index contributed by atoms with van der Waals surface area (Å²) >= 11 is 6.47. The van der Waals surface area contributed by atoms with E-state index < -0.39 is 11.6 Å². The van der Waals surface area contributed by atoms with Gasteiger partial charge >= 0.3 is 0 Å². The lowest BCUT2D eigenvalue weighted by molar-refractivity contribution is 0.554. The van der Waals surface area contributed by atoms with E-state index in [-0.39, 0.29) is 9.37 Å². The van der Waals surface area contributed by atoms with Crippen LogP contribution in [0.5, 0.6) is 0 Å². The van der Waals surface area contributed by atoms with Gasteiger partial charge < -0.3 is 0 Å². The summed E-state index contributed by atoms with van der Waals surface area (Å²) in [4.78, 5) is 0.133. The van der Waals surface area contributed by atoms with Crippen LogP contribution in [0.15, 0.2) is 21.5 Å². The molecule has 1 aromatic carbocycles. The van der Waals surface area contributed by atoms with Gasteiger partial charge in [0.25, 0.3) is 0 Å². The monoisotopic (exact) mass is 224 g/mol. The van der Waals surface area contributed by atoms with Crippen LogP contribution in [-0.4, -0.2) is 0 Å². The molecule has 0 saturated heterocycles. The first-order valence-corrected chi connectivity index (χ1v) is 3.69. The molecule has 0 aromatic heterocycles. The molecule has 4 heteroatoms. The Morgan fingerprint density at radius 2 is 1.90 bits per heavy atom. The van der Waals surface area contributed by atoms with Gasteiger partial charge in [-0.1, -0.05) is 0 Å². The Bertz CT molecular complexity index is 235. The molecule has 0 spiro atoms. The summed E-state index contributed by atoms with van der Waals surface area (Å²) in [5, 5.41) is 0. The smallest absolute Gasteiger partial charge is 0.153 e. The summed E-state index contributed by atoms with van der Waals surface area (Å²) in [7, 11) is 0. The average molecular weight is 225 g/mol. The number of hydrogen-bond acceptors (Lipinski definition) is 1. The zero-order valence-corrected chi connectivity index (χ0v) is 7.22. The highest BCUT2D eigenvalue weighted by Gasteiger charge is 2.07. The van der Waals surface area contributed by atoms with Crippen molar-refractivity contribution < 1.29 is 8.78 Å². The number of hydrogen-bond donors (Lipinski definition) is 1. The molecule has 0 atom stereocenters. The molecule has 0 heterocycles. The minimum atomic E-state index is -0.664. The van der Waals surface area contributed by atoms with Crippen molar-refractivity contribution in [3.63, 3.8) is 0 Å². The Kier molecular flexibility index (Phi) is 2.31. The van der Waals surface area contributed by atoms with Gasteiger partial charge in [-0.05, 0) is 28.1 Å². The number of rotatable bonds is 0. The van der Waals surface area contributed by atoms with Crippen LogP contribution in [0.25, 0.3) is 0 Å². The molecular formula is C6H3BrF2S. The van der Waals surface area contributed by atoms with Gasteiger partial charge in [-0.15, -0.1) is 12.6 Å². The van der Waals surface area contributed by atoms with Crippen LogP contribution >= 0.6 is 28.6 Å². The van der Waals surface area contributed by atoms with Crippen LogP contribution in [-0.2, 0) is 0 Å². The maximum absolute atomic E-state index is 12.6. The summed E-state index contributed by atoms with van der Waals surface area (Å²) in [6, 6.07) is 2.41. The van der Waals surface area contributed by atoms with E-state index in [1.807, 2.05) is 0 Å². The summed E-state index contributed by atoms with van der Waals surface area (Å²) in [5.41, 5.74) is 0. The Morgan fingerprint density at radius 1 is 1.30 bits per heavy atom. The second-order valence-electron chi connectivity index (χ2n) is 1.69. The van der Waals surface area contributed by atoms with E-state index in [1.54, 1.807) is 0 Å². The van der Waals surface area contributed by atoms with E-state index in [0.29, 0.717) is 0 Å². The van der Waals surface area contributed by atoms with Crippen molar-refractivity contribution >= 4 is 28.6 Å². The molecule has 1 rings (SSSR count). The van der Waals surface area contributed by atoms with Crippen molar-refractivity contribution in [1.29, 1.82) is 0 Å². The zero-order chi connectivity index (χ0) is 7.72. The van der Waals surface area contributed by atoms with Crippen molar-refractivity contribution in [3.05, 3.63) is 28.2 Å². The summed E-state index contributed by atoms with van der Waals surface area (Å²) in [6.07, 6.45) is 0. The normalized spacial score (nSPS) is 10.0. The molecule has 0 nitrogen and oxygen atoms in total. The number of benzene rings is 1. The fourth-order valence-corrected chi connectivity index (χ4v) is 1.20. The largest absolute Gasteiger partial charge is 0.206 e. The van der Waals surface area contributed by atoms with Crippen molar-refractivity contribution in [2.24, 2.45) is 0 Å². The molecule has 0 saturated carbocycles. The zero-order valence-electron chi connectivity index (χ0n) is 4.74. The molecule has 0 N–H and O–H groups in total. The maximum atomic E-state index is 12.6. The molecule has 0 aliphatic heterocycles. The third kappa shape index (κ3) is 1.32. The molecule has 0 fully saturated rings. The molecule has 0 bridgehead atoms. The van der Waals surface area contributed by atoms with E-state index in [2.05, 4.69) is 28.6 Å². The summed E-state index contributed by atoms with van der Waals surface area (Å²) < 4.78 is 24.9. The lowest BCUT2D eigenvalue weighted by Gasteiger charge is -1.97. The highest BCUT2D eigenvalue weighted by molar-refractivity contribution is 9.10. The SMILES string of the molecule is Fc1ccc(S)c(F)c1Br. The topological polar surface area (TPSA) is 0 Å². The van der Waals surface area contributed by atoms with Gasteiger partial charge in [0.1, 0.15) is 5.82 Å². The van der Waals surface area contributed by atoms with E-state index in [1.165, 1.54) is 6.07 Å². The first-order valence-electron chi connectivity index (χ1n) is 2.45. The lowest BCUT2D eigenvalue weighted by Crippen LogP contribution is -1.84. The van der Waals surface area contributed by atoms with Gasteiger partial charge in [-0.25, -0.2) is 8.78 Å². The highest BCUT2D eigenvalue weighted by Crippen LogP contribution is 2.24. The molecule has 54 valence electrons. The molecule has 0 aliphatic rings. The minimum absolute atomic E-state index is 0.133. The molecule has 10 heavy (non-hydrogen) atoms. The van der Waals surface area contributed by atoms with Crippen LogP contribution in [0.3, 0.4) is 0 Å². The van der Waals surface area contributed by atoms with Crippen LogP contribution < -0.4 is 0 Å². The van der Waals surface area contributed by atoms with E-state index >= 15 is 0 Å². The summed E-state index contributed by atoms with van der Waals surface area (Å²) in [6.45, 7) is 0. The predicted molar refractivity (Wildman–Crippen MR) is 41.3 cm³/mol. The second kappa shape index (κ2) is 2.88. The minimum Gasteiger partial charge on any atom is -0.206 e. The fourth-order valence-electron chi connectivity index (χ4n) is 0.516. The quantitative estimate of drug-likeness (QED) is 0.509. The Hall–Kier alpha value is -0.0900. The predicted octanol–water partition coefficient (Wildman–Crippen LogP) is 3.02. The highest BCUT2D eigenvalue weighted by atomic mass is 79.9. The molecule has 0 radical (unpaired) electrons. The van der Waals surface area contributed by atoms with Crippen molar-refractivity contribution in [2.45, 2.75) is 4.90 Å². The van der Waals surface area contributed by atoms with E-state index in [4.69, 9.17) is 0 Å². The van der Waals surface area contributed by atoms with Gasteiger partial charge in [0.15, 0.2) is 5.82 Å². The summed E-state index contributed by atoms with van der Waals surface area (Å²) in [5.74, 6) is -1.28. The number of halogens is 3. The number of thiol groups is 1. The van der Waals surface area contributed by atoms with E-state index in [0.717, 1.165) is 6.07 Å². The van der Waals surface area contributed by atoms with Crippen molar-refractivity contribution in [3.8, 4) is 0 Å². The first kappa shape index (κ1) is 8.01. The first-order chi connectivity index (χ1) is 4.63. The Labute approximate surface area is 70.8 Å². The lowest BCUT2D eigenvalue weighted by atomic mass is 10.3. The van der Waals surface area contributed by atoms with E-state index in [9.17, 15) is 8.78 Å². The fraction of sp³-hybridized carbons (Fsp3) is 0. The molecule has 0 unspecified atom stereocenters. The molecule has 0 aliphatic carbocycles. The second-order valence-corrected chi connectivity index (χ2v) is 2.97.